The van der Waals surface area contributed by atoms with Crippen LogP contribution in [-0.2, 0) is 21.1 Å². The zero-order valence-corrected chi connectivity index (χ0v) is 19.4. The van der Waals surface area contributed by atoms with Crippen molar-refractivity contribution in [3.05, 3.63) is 28.8 Å². The van der Waals surface area contributed by atoms with Gasteiger partial charge < -0.3 is 0 Å². The summed E-state index contributed by atoms with van der Waals surface area (Å²) in [5, 5.41) is 9.62. The highest BCUT2D eigenvalue weighted by Gasteiger charge is 2.43. The molecule has 7 nitrogen and oxygen atoms in total. The van der Waals surface area contributed by atoms with Crippen LogP contribution in [0.1, 0.15) is 23.9 Å². The van der Waals surface area contributed by atoms with Crippen LogP contribution in [0.4, 0.5) is 4.39 Å². The topological polar surface area (TPSA) is 99.6 Å². The third kappa shape index (κ3) is 5.45. The number of rotatable bonds is 7. The van der Waals surface area contributed by atoms with Gasteiger partial charge in [-0.15, -0.1) is 11.3 Å². The summed E-state index contributed by atoms with van der Waals surface area (Å²) in [4.78, 5) is 18.5. The van der Waals surface area contributed by atoms with E-state index in [4.69, 9.17) is 5.21 Å². The summed E-state index contributed by atoms with van der Waals surface area (Å²) in [7, 11) is -3.75. The molecule has 2 aromatic rings. The number of nitrogens with zero attached hydrogens (tertiary/aromatic N) is 2. The van der Waals surface area contributed by atoms with Crippen molar-refractivity contribution in [3.63, 3.8) is 0 Å². The van der Waals surface area contributed by atoms with Gasteiger partial charge in [-0.25, -0.2) is 23.3 Å². The second-order valence-electron chi connectivity index (χ2n) is 7.90. The van der Waals surface area contributed by atoms with Crippen LogP contribution in [0.15, 0.2) is 18.2 Å². The van der Waals surface area contributed by atoms with Crippen LogP contribution < -0.4 is 5.48 Å². The maximum atomic E-state index is 12.2. The Labute approximate surface area is 190 Å². The van der Waals surface area contributed by atoms with Crippen molar-refractivity contribution in [2.24, 2.45) is 5.92 Å². The average Bonchev–Trinajstić information content (AvgIpc) is 3.13. The number of aryl methyl sites for hydroxylation is 1. The fourth-order valence-corrected chi connectivity index (χ4v) is 5.15. The van der Waals surface area contributed by atoms with Gasteiger partial charge in [0, 0.05) is 43.8 Å². The number of hydroxylamine groups is 1. The van der Waals surface area contributed by atoms with Crippen LogP contribution in [0, 0.1) is 29.6 Å². The molecule has 10 heteroatoms. The minimum Gasteiger partial charge on any atom is -0.298 e. The Morgan fingerprint density at radius 1 is 1.41 bits per heavy atom. The predicted molar refractivity (Wildman–Crippen MR) is 122 cm³/mol. The molecule has 0 bridgehead atoms. The van der Waals surface area contributed by atoms with Crippen molar-refractivity contribution in [2.45, 2.75) is 24.5 Å². The van der Waals surface area contributed by atoms with E-state index in [9.17, 15) is 17.6 Å². The lowest BCUT2D eigenvalue weighted by molar-refractivity contribution is -0.131. The van der Waals surface area contributed by atoms with Gasteiger partial charge in [-0.05, 0) is 43.4 Å². The number of thiazole rings is 1. The minimum atomic E-state index is -3.75. The normalized spacial score (nSPS) is 16.2. The van der Waals surface area contributed by atoms with E-state index < -0.39 is 20.5 Å². The second-order valence-corrected chi connectivity index (χ2v) is 11.5. The number of amides is 1. The molecule has 1 amide bonds. The Bertz CT molecular complexity index is 1230. The number of hydrogen-bond donors (Lipinski definition) is 2. The molecule has 1 fully saturated rings. The third-order valence-electron chi connectivity index (χ3n) is 5.55. The number of benzene rings is 1. The number of aromatic nitrogens is 1. The van der Waals surface area contributed by atoms with Crippen LogP contribution >= 0.6 is 11.3 Å². The summed E-state index contributed by atoms with van der Waals surface area (Å²) >= 11 is 1.40. The fourth-order valence-electron chi connectivity index (χ4n) is 3.29. The highest BCUT2D eigenvalue weighted by molar-refractivity contribution is 7.92. The van der Waals surface area contributed by atoms with Crippen molar-refractivity contribution < 1.29 is 22.8 Å². The number of alkyl halides is 1. The first kappa shape index (κ1) is 24.1. The lowest BCUT2D eigenvalue weighted by Gasteiger charge is -2.35. The molecule has 3 rings (SSSR count). The smallest absolute Gasteiger partial charge is 0.264 e. The molecule has 0 spiro atoms. The Hall–Kier alpha value is -2.50. The molecule has 1 aliphatic rings. The molecule has 2 N–H and O–H groups in total. The molecule has 1 aliphatic heterocycles. The van der Waals surface area contributed by atoms with Crippen molar-refractivity contribution in [2.75, 3.05) is 32.6 Å². The summed E-state index contributed by atoms with van der Waals surface area (Å²) in [6.07, 6.45) is 1.23. The van der Waals surface area contributed by atoms with Crippen LogP contribution in [0.5, 0.6) is 0 Å². The molecule has 170 valence electrons. The van der Waals surface area contributed by atoms with E-state index in [1.165, 1.54) is 23.7 Å². The molecule has 32 heavy (non-hydrogen) atoms. The Balaban J connectivity index is 1.66. The number of halogens is 1. The monoisotopic (exact) mass is 477 g/mol. The number of carbonyl (C=O) groups is 1. The molecule has 1 aromatic carbocycles. The number of nitrogens with one attached hydrogen (secondary N) is 1. The minimum absolute atomic E-state index is 0.00970. The zero-order chi connectivity index (χ0) is 23.4. The molecular formula is C22H24FN3O4S2. The first-order valence-corrected chi connectivity index (χ1v) is 12.7. The van der Waals surface area contributed by atoms with E-state index in [2.05, 4.69) is 28.7 Å². The van der Waals surface area contributed by atoms with E-state index in [1.807, 2.05) is 23.1 Å². The molecule has 0 aliphatic carbocycles. The summed E-state index contributed by atoms with van der Waals surface area (Å²) in [6, 6.07) is 5.57. The van der Waals surface area contributed by atoms with Crippen molar-refractivity contribution in [1.29, 1.82) is 0 Å². The Kier molecular flexibility index (Phi) is 7.52. The molecule has 0 unspecified atom stereocenters. The van der Waals surface area contributed by atoms with Gasteiger partial charge in [-0.2, -0.15) is 0 Å². The number of hydrogen-bond acceptors (Lipinski definition) is 7. The third-order valence-corrected chi connectivity index (χ3v) is 8.66. The standard InChI is InChI=1S/C22H24FN3O4S2/c1-22(21(27)25-28,32(2,29)30)10-9-20-24-18-8-7-16(13-19(18)31-20)5-3-4-6-17-14-26(15-17)12-11-23/h7-8,13,17,28H,9-12,14-15H2,1-2H3,(H,25,27)/t22-/m1/s1. The molecular weight excluding hydrogens is 453 g/mol. The van der Waals surface area contributed by atoms with Gasteiger partial charge in [0.15, 0.2) is 9.84 Å². The maximum absolute atomic E-state index is 12.2. The largest absolute Gasteiger partial charge is 0.298 e. The maximum Gasteiger partial charge on any atom is 0.264 e. The highest BCUT2D eigenvalue weighted by Crippen LogP contribution is 2.28. The number of likely N-dealkylation sites (tertiary alicyclic amines) is 1. The molecule has 1 aromatic heterocycles. The molecule has 1 saturated heterocycles. The predicted octanol–water partition coefficient (Wildman–Crippen LogP) is 1.79. The van der Waals surface area contributed by atoms with Gasteiger partial charge in [0.1, 0.15) is 11.4 Å². The molecule has 0 saturated carbocycles. The lowest BCUT2D eigenvalue weighted by Crippen LogP contribution is -2.49. The van der Waals surface area contributed by atoms with E-state index in [0.717, 1.165) is 35.1 Å². The lowest BCUT2D eigenvalue weighted by atomic mass is 10.0. The summed E-state index contributed by atoms with van der Waals surface area (Å²) in [5.41, 5.74) is 3.00. The van der Waals surface area contributed by atoms with Crippen molar-refractivity contribution >= 4 is 37.3 Å². The molecule has 2 heterocycles. The highest BCUT2D eigenvalue weighted by atomic mass is 32.2. The zero-order valence-electron chi connectivity index (χ0n) is 17.8. The fraction of sp³-hybridized carbons (Fsp3) is 0.455. The van der Waals surface area contributed by atoms with E-state index >= 15 is 0 Å². The molecule has 0 radical (unpaired) electrons. The van der Waals surface area contributed by atoms with Gasteiger partial charge in [0.2, 0.25) is 0 Å². The van der Waals surface area contributed by atoms with Crippen LogP contribution in [0.2, 0.25) is 0 Å². The summed E-state index contributed by atoms with van der Waals surface area (Å²) in [5.74, 6) is 11.1. The van der Waals surface area contributed by atoms with Crippen molar-refractivity contribution in [3.8, 4) is 23.7 Å². The van der Waals surface area contributed by atoms with Gasteiger partial charge in [-0.1, -0.05) is 11.8 Å². The summed E-state index contributed by atoms with van der Waals surface area (Å²) in [6.45, 7) is 2.98. The quantitative estimate of drug-likeness (QED) is 0.358. The molecule has 1 atom stereocenters. The second kappa shape index (κ2) is 9.97. The summed E-state index contributed by atoms with van der Waals surface area (Å²) < 4.78 is 35.6. The Morgan fingerprint density at radius 3 is 2.81 bits per heavy atom. The first-order valence-electron chi connectivity index (χ1n) is 10.00. The van der Waals surface area contributed by atoms with Gasteiger partial charge in [0.05, 0.1) is 15.2 Å². The van der Waals surface area contributed by atoms with Crippen LogP contribution in [-0.4, -0.2) is 66.7 Å². The van der Waals surface area contributed by atoms with E-state index in [-0.39, 0.29) is 25.4 Å². The van der Waals surface area contributed by atoms with Crippen molar-refractivity contribution in [1.82, 2.24) is 15.4 Å². The first-order chi connectivity index (χ1) is 15.2. The number of fused-ring (bicyclic) bond motifs is 1. The van der Waals surface area contributed by atoms with E-state index in [0.29, 0.717) is 11.6 Å². The Morgan fingerprint density at radius 2 is 2.16 bits per heavy atom. The SMILES string of the molecule is C[C@@](CCc1nc2ccc(C#CC#CC3CN(CCF)C3)cc2s1)(C(=O)NO)S(C)(=O)=O. The van der Waals surface area contributed by atoms with Gasteiger partial charge in [-0.3, -0.25) is 14.9 Å². The van der Waals surface area contributed by atoms with Crippen LogP contribution in [0.25, 0.3) is 10.2 Å². The van der Waals surface area contributed by atoms with E-state index in [1.54, 1.807) is 0 Å². The number of carbonyl (C=O) groups excluding carboxylic acids is 1. The van der Waals surface area contributed by atoms with Gasteiger partial charge in [0.25, 0.3) is 5.91 Å². The number of sulfone groups is 1. The van der Waals surface area contributed by atoms with Gasteiger partial charge >= 0.3 is 0 Å². The average molecular weight is 478 g/mol. The van der Waals surface area contributed by atoms with Crippen LogP contribution in [0.3, 0.4) is 0 Å².